The third kappa shape index (κ3) is 4.53. The third-order valence-electron chi connectivity index (χ3n) is 3.89. The predicted molar refractivity (Wildman–Crippen MR) is 99.7 cm³/mol. The van der Waals surface area contributed by atoms with Gasteiger partial charge in [0.1, 0.15) is 6.61 Å². The van der Waals surface area contributed by atoms with Crippen LogP contribution in [0.1, 0.15) is 38.5 Å². The minimum atomic E-state index is -0.516. The minimum absolute atomic E-state index is 0.151. The number of carbonyl (C=O) groups excluding carboxylic acids is 2. The van der Waals surface area contributed by atoms with Gasteiger partial charge in [0.25, 0.3) is 0 Å². The van der Waals surface area contributed by atoms with Crippen LogP contribution in [0, 0.1) is 0 Å². The number of nitrogens with one attached hydrogen (secondary N) is 1. The molecule has 6 nitrogen and oxygen atoms in total. The lowest BCUT2D eigenvalue weighted by molar-refractivity contribution is -0.143. The second-order valence-corrected chi connectivity index (χ2v) is 7.21. The zero-order chi connectivity index (χ0) is 19.3. The molecule has 0 spiro atoms. The van der Waals surface area contributed by atoms with Gasteiger partial charge < -0.3 is 19.5 Å². The average Bonchev–Trinajstić information content (AvgIpc) is 3.07. The van der Waals surface area contributed by atoms with Crippen molar-refractivity contribution >= 4 is 23.3 Å². The molecule has 0 aromatic carbocycles. The van der Waals surface area contributed by atoms with Gasteiger partial charge in [0, 0.05) is 23.4 Å². The average molecular weight is 379 g/mol. The molecule has 1 atom stereocenters. The van der Waals surface area contributed by atoms with E-state index in [1.165, 1.54) is 11.3 Å². The Morgan fingerprint density at radius 1 is 1.15 bits per heavy atom. The Balaban J connectivity index is 2.44. The van der Waals surface area contributed by atoms with Crippen LogP contribution in [0.5, 0.6) is 0 Å². The van der Waals surface area contributed by atoms with Crippen molar-refractivity contribution in [1.82, 2.24) is 5.32 Å². The molecule has 26 heavy (non-hydrogen) atoms. The molecule has 1 N–H and O–H groups in total. The Morgan fingerprint density at radius 2 is 1.81 bits per heavy atom. The third-order valence-corrected chi connectivity index (χ3v) is 4.83. The second kappa shape index (κ2) is 9.00. The van der Waals surface area contributed by atoms with Gasteiger partial charge in [-0.3, -0.25) is 0 Å². The summed E-state index contributed by atoms with van der Waals surface area (Å²) in [5, 5.41) is 5.05. The Labute approximate surface area is 157 Å². The molecule has 2 heterocycles. The molecule has 0 bridgehead atoms. The maximum absolute atomic E-state index is 12.7. The van der Waals surface area contributed by atoms with E-state index in [0.717, 1.165) is 4.88 Å². The second-order valence-electron chi connectivity index (χ2n) is 6.23. The van der Waals surface area contributed by atoms with Crippen molar-refractivity contribution in [2.24, 2.45) is 0 Å². The summed E-state index contributed by atoms with van der Waals surface area (Å²) in [6.07, 6.45) is -0.254. The Morgan fingerprint density at radius 3 is 2.35 bits per heavy atom. The van der Waals surface area contributed by atoms with Gasteiger partial charge in [-0.1, -0.05) is 6.07 Å². The molecular weight excluding hydrogens is 354 g/mol. The summed E-state index contributed by atoms with van der Waals surface area (Å²) in [5.74, 6) is -1.41. The highest BCUT2D eigenvalue weighted by atomic mass is 32.1. The number of allylic oxidation sites excluding steroid dienone is 2. The van der Waals surface area contributed by atoms with Crippen LogP contribution in [0.2, 0.25) is 0 Å². The number of thiophene rings is 1. The first-order chi connectivity index (χ1) is 12.4. The summed E-state index contributed by atoms with van der Waals surface area (Å²) in [6, 6.07) is 3.80. The van der Waals surface area contributed by atoms with E-state index in [1.54, 1.807) is 21.0 Å². The first-order valence-electron chi connectivity index (χ1n) is 8.45. The summed E-state index contributed by atoms with van der Waals surface area (Å²) < 4.78 is 15.7. The lowest BCUT2D eigenvalue weighted by Gasteiger charge is -2.30. The van der Waals surface area contributed by atoms with Crippen molar-refractivity contribution in [3.63, 3.8) is 0 Å². The number of hydrogen-bond donors (Lipinski definition) is 1. The van der Waals surface area contributed by atoms with Crippen LogP contribution in [0.4, 0.5) is 0 Å². The number of dihydropyridines is 1. The van der Waals surface area contributed by atoms with Crippen molar-refractivity contribution in [3.05, 3.63) is 44.9 Å². The fourth-order valence-electron chi connectivity index (χ4n) is 2.85. The van der Waals surface area contributed by atoms with Crippen LogP contribution < -0.4 is 5.32 Å². The first kappa shape index (κ1) is 20.2. The molecular formula is C19H25NO5S. The van der Waals surface area contributed by atoms with E-state index in [2.05, 4.69) is 5.32 Å². The zero-order valence-corrected chi connectivity index (χ0v) is 16.6. The minimum Gasteiger partial charge on any atom is -0.460 e. The van der Waals surface area contributed by atoms with Crippen LogP contribution in [-0.4, -0.2) is 38.4 Å². The highest BCUT2D eigenvalue weighted by molar-refractivity contribution is 7.10. The molecule has 1 aromatic rings. The topological polar surface area (TPSA) is 73.9 Å². The molecule has 1 unspecified atom stereocenters. The van der Waals surface area contributed by atoms with Crippen LogP contribution >= 0.6 is 11.3 Å². The van der Waals surface area contributed by atoms with Gasteiger partial charge in [-0.05, 0) is 39.1 Å². The molecule has 0 saturated carbocycles. The summed E-state index contributed by atoms with van der Waals surface area (Å²) in [7, 11) is 1.54. The highest BCUT2D eigenvalue weighted by Gasteiger charge is 2.38. The lowest BCUT2D eigenvalue weighted by Crippen LogP contribution is -2.33. The van der Waals surface area contributed by atoms with Gasteiger partial charge >= 0.3 is 11.9 Å². The van der Waals surface area contributed by atoms with Crippen LogP contribution in [0.25, 0.3) is 0 Å². The molecule has 1 aromatic heterocycles. The highest BCUT2D eigenvalue weighted by Crippen LogP contribution is 2.41. The van der Waals surface area contributed by atoms with Crippen molar-refractivity contribution in [2.45, 2.75) is 39.7 Å². The van der Waals surface area contributed by atoms with E-state index < -0.39 is 17.9 Å². The van der Waals surface area contributed by atoms with Gasteiger partial charge in [0.2, 0.25) is 0 Å². The number of ether oxygens (including phenoxy) is 3. The molecule has 1 aliphatic heterocycles. The number of methoxy groups -OCH3 is 1. The van der Waals surface area contributed by atoms with E-state index in [-0.39, 0.29) is 12.7 Å². The molecule has 0 fully saturated rings. The van der Waals surface area contributed by atoms with E-state index in [4.69, 9.17) is 14.2 Å². The van der Waals surface area contributed by atoms with Gasteiger partial charge in [0.05, 0.1) is 29.8 Å². The van der Waals surface area contributed by atoms with Crippen molar-refractivity contribution in [3.8, 4) is 0 Å². The molecule has 0 amide bonds. The van der Waals surface area contributed by atoms with E-state index in [9.17, 15) is 9.59 Å². The Kier molecular flexibility index (Phi) is 6.99. The standard InChI is InChI=1S/C19H25NO5S/c1-11(2)25-19(22)16-13(4)20-12(3)15(18(21)24-9-8-23-5)17(16)14-7-6-10-26-14/h6-7,10-11,17,20H,8-9H2,1-5H3. The first-order valence-corrected chi connectivity index (χ1v) is 9.33. The monoisotopic (exact) mass is 379 g/mol. The molecule has 2 rings (SSSR count). The fraction of sp³-hybridized carbons (Fsp3) is 0.474. The predicted octanol–water partition coefficient (Wildman–Crippen LogP) is 3.12. The van der Waals surface area contributed by atoms with Crippen LogP contribution in [0.3, 0.4) is 0 Å². The van der Waals surface area contributed by atoms with Gasteiger partial charge in [0.15, 0.2) is 0 Å². The SMILES string of the molecule is COCCOC(=O)C1=C(C)NC(C)=C(C(=O)OC(C)C)C1c1cccs1. The number of carbonyl (C=O) groups is 2. The van der Waals surface area contributed by atoms with Crippen molar-refractivity contribution in [1.29, 1.82) is 0 Å². The summed E-state index contributed by atoms with van der Waals surface area (Å²) >= 11 is 1.49. The van der Waals surface area contributed by atoms with E-state index in [1.807, 2.05) is 31.4 Å². The maximum atomic E-state index is 12.7. The number of hydrogen-bond acceptors (Lipinski definition) is 7. The van der Waals surface area contributed by atoms with Gasteiger partial charge in [-0.15, -0.1) is 11.3 Å². The van der Waals surface area contributed by atoms with Crippen LogP contribution in [-0.2, 0) is 23.8 Å². The maximum Gasteiger partial charge on any atom is 0.337 e. The van der Waals surface area contributed by atoms with Gasteiger partial charge in [-0.25, -0.2) is 9.59 Å². The Hall–Kier alpha value is -2.12. The van der Waals surface area contributed by atoms with Crippen LogP contribution in [0.15, 0.2) is 40.1 Å². The number of rotatable bonds is 7. The Bertz CT molecular complexity index is 718. The normalized spacial score (nSPS) is 17.4. The quantitative estimate of drug-likeness (QED) is 0.580. The summed E-state index contributed by atoms with van der Waals surface area (Å²) in [5.41, 5.74) is 2.21. The molecule has 142 valence electrons. The summed E-state index contributed by atoms with van der Waals surface area (Å²) in [4.78, 5) is 26.4. The largest absolute Gasteiger partial charge is 0.460 e. The van der Waals surface area contributed by atoms with Crippen molar-refractivity contribution < 1.29 is 23.8 Å². The van der Waals surface area contributed by atoms with Crippen molar-refractivity contribution in [2.75, 3.05) is 20.3 Å². The smallest absolute Gasteiger partial charge is 0.337 e. The fourth-order valence-corrected chi connectivity index (χ4v) is 3.69. The molecule has 1 aliphatic rings. The van der Waals surface area contributed by atoms with E-state index in [0.29, 0.717) is 29.1 Å². The molecule has 7 heteroatoms. The zero-order valence-electron chi connectivity index (χ0n) is 15.8. The molecule has 0 radical (unpaired) electrons. The lowest BCUT2D eigenvalue weighted by atomic mass is 9.84. The number of esters is 2. The molecule has 0 aliphatic carbocycles. The summed E-state index contributed by atoms with van der Waals surface area (Å²) in [6.45, 7) is 7.68. The van der Waals surface area contributed by atoms with E-state index >= 15 is 0 Å². The molecule has 0 saturated heterocycles. The van der Waals surface area contributed by atoms with Gasteiger partial charge in [-0.2, -0.15) is 0 Å².